The first-order valence-electron chi connectivity index (χ1n) is 5.39. The number of aromatic nitrogens is 2. The van der Waals surface area contributed by atoms with Crippen LogP contribution >= 0.6 is 12.2 Å². The van der Waals surface area contributed by atoms with Gasteiger partial charge < -0.3 is 4.98 Å². The minimum Gasteiger partial charge on any atom is -0.334 e. The Morgan fingerprint density at radius 1 is 1.50 bits per heavy atom. The van der Waals surface area contributed by atoms with Crippen molar-refractivity contribution in [2.24, 2.45) is 0 Å². The number of aryl methyl sites for hydroxylation is 1. The lowest BCUT2D eigenvalue weighted by molar-refractivity contribution is 0.894. The Kier molecular flexibility index (Phi) is 4.26. The molecule has 1 heterocycles. The quantitative estimate of drug-likeness (QED) is 0.755. The van der Waals surface area contributed by atoms with Gasteiger partial charge in [-0.05, 0) is 19.3 Å². The zero-order chi connectivity index (χ0) is 10.6. The van der Waals surface area contributed by atoms with Crippen molar-refractivity contribution in [3.63, 3.8) is 0 Å². The Bertz CT molecular complexity index is 339. The Balaban J connectivity index is 0.000000461. The van der Waals surface area contributed by atoms with E-state index < -0.39 is 0 Å². The molecule has 1 aromatic heterocycles. The number of H-pyrrole nitrogens is 1. The average Bonchev–Trinajstić information content (AvgIpc) is 3.04. The lowest BCUT2D eigenvalue weighted by Crippen LogP contribution is -1.95. The Hall–Kier alpha value is -0.700. The molecule has 0 saturated heterocycles. The van der Waals surface area contributed by atoms with Gasteiger partial charge in [-0.1, -0.05) is 33.0 Å². The maximum Gasteiger partial charge on any atom is 0.110 e. The third kappa shape index (κ3) is 2.64. The summed E-state index contributed by atoms with van der Waals surface area (Å²) in [6.45, 7) is 6.09. The molecule has 1 aliphatic carbocycles. The van der Waals surface area contributed by atoms with E-state index in [1.54, 1.807) is 0 Å². The van der Waals surface area contributed by atoms with Crippen molar-refractivity contribution in [3.8, 4) is 0 Å². The van der Waals surface area contributed by atoms with E-state index in [2.05, 4.69) is 16.9 Å². The highest BCUT2D eigenvalue weighted by atomic mass is 32.1. The van der Waals surface area contributed by atoms with E-state index in [0.29, 0.717) is 5.92 Å². The van der Waals surface area contributed by atoms with Crippen LogP contribution in [0.5, 0.6) is 0 Å². The molecule has 0 unspecified atom stereocenters. The zero-order valence-electron chi connectivity index (χ0n) is 9.13. The SMILES string of the molecule is CC.CCc1cnc(C2CC2)[nH]c1=S. The van der Waals surface area contributed by atoms with Crippen molar-refractivity contribution in [2.45, 2.75) is 46.0 Å². The Labute approximate surface area is 90.8 Å². The fraction of sp³-hybridized carbons (Fsp3) is 0.636. The molecule has 0 aliphatic heterocycles. The molecule has 3 heteroatoms. The molecule has 0 radical (unpaired) electrons. The summed E-state index contributed by atoms with van der Waals surface area (Å²) in [6, 6.07) is 0. The van der Waals surface area contributed by atoms with Gasteiger partial charge in [-0.2, -0.15) is 0 Å². The van der Waals surface area contributed by atoms with Crippen LogP contribution in [0.3, 0.4) is 0 Å². The predicted octanol–water partition coefficient (Wildman–Crippen LogP) is 3.61. The van der Waals surface area contributed by atoms with Crippen LogP contribution in [-0.2, 0) is 6.42 Å². The minimum atomic E-state index is 0.664. The third-order valence-corrected chi connectivity index (χ3v) is 2.60. The van der Waals surface area contributed by atoms with E-state index in [1.807, 2.05) is 20.0 Å². The van der Waals surface area contributed by atoms with Crippen molar-refractivity contribution in [1.29, 1.82) is 0 Å². The molecule has 2 nitrogen and oxygen atoms in total. The van der Waals surface area contributed by atoms with Crippen LogP contribution < -0.4 is 0 Å². The molecule has 1 saturated carbocycles. The Morgan fingerprint density at radius 3 is 2.57 bits per heavy atom. The van der Waals surface area contributed by atoms with Crippen molar-refractivity contribution in [2.75, 3.05) is 0 Å². The monoisotopic (exact) mass is 210 g/mol. The maximum atomic E-state index is 5.19. The van der Waals surface area contributed by atoms with Gasteiger partial charge >= 0.3 is 0 Å². The highest BCUT2D eigenvalue weighted by Gasteiger charge is 2.25. The number of hydrogen-bond donors (Lipinski definition) is 1. The van der Waals surface area contributed by atoms with E-state index in [1.165, 1.54) is 12.8 Å². The van der Waals surface area contributed by atoms with E-state index in [9.17, 15) is 0 Å². The summed E-state index contributed by atoms with van der Waals surface area (Å²) in [5.74, 6) is 1.75. The van der Waals surface area contributed by atoms with Crippen molar-refractivity contribution in [1.82, 2.24) is 9.97 Å². The van der Waals surface area contributed by atoms with Crippen LogP contribution in [0.2, 0.25) is 0 Å². The lowest BCUT2D eigenvalue weighted by atomic mass is 10.2. The molecule has 0 aromatic carbocycles. The normalized spacial score (nSPS) is 14.5. The van der Waals surface area contributed by atoms with Crippen LogP contribution in [0.15, 0.2) is 6.20 Å². The summed E-state index contributed by atoms with van der Waals surface area (Å²) in [7, 11) is 0. The molecule has 78 valence electrons. The number of hydrogen-bond acceptors (Lipinski definition) is 2. The summed E-state index contributed by atoms with van der Waals surface area (Å²) < 4.78 is 0.870. The fourth-order valence-electron chi connectivity index (χ4n) is 1.25. The van der Waals surface area contributed by atoms with Gasteiger partial charge in [0.15, 0.2) is 0 Å². The van der Waals surface area contributed by atoms with Gasteiger partial charge in [-0.15, -0.1) is 0 Å². The van der Waals surface area contributed by atoms with Gasteiger partial charge in [-0.3, -0.25) is 0 Å². The molecule has 1 N–H and O–H groups in total. The largest absolute Gasteiger partial charge is 0.334 e. The minimum absolute atomic E-state index is 0.664. The summed E-state index contributed by atoms with van der Waals surface area (Å²) in [6.07, 6.45) is 5.41. The number of aromatic amines is 1. The van der Waals surface area contributed by atoms with Gasteiger partial charge in [0, 0.05) is 17.7 Å². The fourth-order valence-corrected chi connectivity index (χ4v) is 1.55. The van der Waals surface area contributed by atoms with E-state index in [4.69, 9.17) is 12.2 Å². The van der Waals surface area contributed by atoms with Gasteiger partial charge in [-0.25, -0.2) is 4.98 Å². The maximum absolute atomic E-state index is 5.19. The van der Waals surface area contributed by atoms with Crippen molar-refractivity contribution in [3.05, 3.63) is 22.2 Å². The molecule has 0 spiro atoms. The summed E-state index contributed by atoms with van der Waals surface area (Å²) in [5, 5.41) is 0. The lowest BCUT2D eigenvalue weighted by Gasteiger charge is -2.00. The Morgan fingerprint density at radius 2 is 2.14 bits per heavy atom. The molecule has 1 fully saturated rings. The van der Waals surface area contributed by atoms with Crippen molar-refractivity contribution < 1.29 is 0 Å². The second-order valence-electron chi connectivity index (χ2n) is 3.25. The van der Waals surface area contributed by atoms with E-state index in [-0.39, 0.29) is 0 Å². The van der Waals surface area contributed by atoms with Crippen LogP contribution in [-0.4, -0.2) is 9.97 Å². The predicted molar refractivity (Wildman–Crippen MR) is 62.1 cm³/mol. The highest BCUT2D eigenvalue weighted by Crippen LogP contribution is 2.37. The third-order valence-electron chi connectivity index (χ3n) is 2.24. The first-order chi connectivity index (χ1) is 6.81. The van der Waals surface area contributed by atoms with Crippen LogP contribution in [0, 0.1) is 4.64 Å². The number of rotatable bonds is 2. The van der Waals surface area contributed by atoms with Crippen LogP contribution in [0.1, 0.15) is 50.9 Å². The smallest absolute Gasteiger partial charge is 0.110 e. The molecule has 0 bridgehead atoms. The van der Waals surface area contributed by atoms with Crippen LogP contribution in [0.4, 0.5) is 0 Å². The molecule has 14 heavy (non-hydrogen) atoms. The van der Waals surface area contributed by atoms with Gasteiger partial charge in [0.05, 0.1) is 0 Å². The van der Waals surface area contributed by atoms with Gasteiger partial charge in [0.1, 0.15) is 10.5 Å². The number of nitrogens with one attached hydrogen (secondary N) is 1. The first-order valence-corrected chi connectivity index (χ1v) is 5.80. The van der Waals surface area contributed by atoms with Crippen LogP contribution in [0.25, 0.3) is 0 Å². The van der Waals surface area contributed by atoms with Gasteiger partial charge in [0.25, 0.3) is 0 Å². The molecular weight excluding hydrogens is 192 g/mol. The summed E-state index contributed by atoms with van der Waals surface area (Å²) in [4.78, 5) is 7.54. The van der Waals surface area contributed by atoms with Crippen molar-refractivity contribution >= 4 is 12.2 Å². The molecule has 0 atom stereocenters. The highest BCUT2D eigenvalue weighted by molar-refractivity contribution is 7.71. The second-order valence-corrected chi connectivity index (χ2v) is 3.66. The zero-order valence-corrected chi connectivity index (χ0v) is 9.95. The summed E-state index contributed by atoms with van der Waals surface area (Å²) >= 11 is 5.19. The van der Waals surface area contributed by atoms with Gasteiger partial charge in [0.2, 0.25) is 0 Å². The standard InChI is InChI=1S/C9H12N2S.C2H6/c1-2-6-5-10-8(7-3-4-7)11-9(6)12;1-2/h5,7H,2-4H2,1H3,(H,10,11,12);1-2H3. The first kappa shape index (κ1) is 11.4. The number of nitrogens with zero attached hydrogens (tertiary/aromatic N) is 1. The molecule has 1 aromatic rings. The summed E-state index contributed by atoms with van der Waals surface area (Å²) in [5.41, 5.74) is 1.15. The molecule has 2 rings (SSSR count). The molecular formula is C11H18N2S. The second kappa shape index (κ2) is 5.25. The van der Waals surface area contributed by atoms with E-state index >= 15 is 0 Å². The van der Waals surface area contributed by atoms with E-state index in [0.717, 1.165) is 22.4 Å². The molecule has 1 aliphatic rings. The molecule has 0 amide bonds. The topological polar surface area (TPSA) is 28.7 Å². The average molecular weight is 210 g/mol.